The molecule has 19 heavy (non-hydrogen) atoms. The highest BCUT2D eigenvalue weighted by molar-refractivity contribution is 8.01. The quantitative estimate of drug-likeness (QED) is 0.908. The molecule has 1 aromatic rings. The molecule has 1 amide bonds. The van der Waals surface area contributed by atoms with E-state index in [0.29, 0.717) is 11.3 Å². The van der Waals surface area contributed by atoms with Gasteiger partial charge in [0.05, 0.1) is 16.6 Å². The average molecular weight is 288 g/mol. The maximum Gasteiger partial charge on any atom is 0.416 e. The second-order valence-corrected chi connectivity index (χ2v) is 5.33. The number of hydrogen-bond acceptors (Lipinski definition) is 3. The van der Waals surface area contributed by atoms with E-state index in [9.17, 15) is 18.0 Å². The van der Waals surface area contributed by atoms with Crippen LogP contribution in [0.25, 0.3) is 0 Å². The van der Waals surface area contributed by atoms with Crippen molar-refractivity contribution < 1.29 is 18.0 Å². The number of thioether (sulfide) groups is 1. The molecule has 0 aromatic heterocycles. The molecule has 0 bridgehead atoms. The zero-order valence-electron chi connectivity index (χ0n) is 9.78. The van der Waals surface area contributed by atoms with Crippen molar-refractivity contribution in [1.29, 1.82) is 0 Å². The first-order valence-electron chi connectivity index (χ1n) is 5.51. The fourth-order valence-electron chi connectivity index (χ4n) is 1.74. The van der Waals surface area contributed by atoms with Gasteiger partial charge in [-0.1, -0.05) is 18.2 Å². The number of aliphatic imine (C=N–C) groups is 1. The van der Waals surface area contributed by atoms with Crippen molar-refractivity contribution in [2.75, 3.05) is 5.75 Å². The molecule has 1 aliphatic heterocycles. The molecule has 1 heterocycles. The zero-order valence-corrected chi connectivity index (χ0v) is 10.6. The number of benzene rings is 1. The summed E-state index contributed by atoms with van der Waals surface area (Å²) < 4.78 is 37.7. The Labute approximate surface area is 112 Å². The minimum atomic E-state index is -4.37. The summed E-state index contributed by atoms with van der Waals surface area (Å²) in [5.41, 5.74) is 5.18. The molecule has 0 spiro atoms. The molecular weight excluding hydrogens is 277 g/mol. The molecule has 0 saturated heterocycles. The lowest BCUT2D eigenvalue weighted by Crippen LogP contribution is -2.30. The van der Waals surface area contributed by atoms with Crippen LogP contribution < -0.4 is 5.73 Å². The molecule has 0 radical (unpaired) electrons. The first-order valence-corrected chi connectivity index (χ1v) is 6.56. The van der Waals surface area contributed by atoms with Gasteiger partial charge in [-0.05, 0) is 18.1 Å². The van der Waals surface area contributed by atoms with E-state index < -0.39 is 17.0 Å². The molecule has 0 saturated carbocycles. The first-order chi connectivity index (χ1) is 8.86. The van der Waals surface area contributed by atoms with Crippen LogP contribution in [0.15, 0.2) is 29.3 Å². The molecule has 2 N–H and O–H groups in total. The molecule has 1 atom stereocenters. The van der Waals surface area contributed by atoms with Gasteiger partial charge in [0.2, 0.25) is 0 Å². The van der Waals surface area contributed by atoms with Crippen molar-refractivity contribution in [3.05, 3.63) is 35.4 Å². The molecule has 1 unspecified atom stereocenters. The van der Waals surface area contributed by atoms with Gasteiger partial charge >= 0.3 is 6.18 Å². The highest BCUT2D eigenvalue weighted by atomic mass is 32.2. The van der Waals surface area contributed by atoms with Gasteiger partial charge in [-0.2, -0.15) is 18.2 Å². The zero-order chi connectivity index (χ0) is 14.0. The molecule has 0 aliphatic carbocycles. The topological polar surface area (TPSA) is 55.4 Å². The number of amidine groups is 1. The predicted octanol–water partition coefficient (Wildman–Crippen LogP) is 2.25. The van der Waals surface area contributed by atoms with E-state index in [2.05, 4.69) is 4.99 Å². The van der Waals surface area contributed by atoms with Gasteiger partial charge in [-0.15, -0.1) is 11.8 Å². The number of nitrogens with two attached hydrogens (primary N) is 1. The van der Waals surface area contributed by atoms with Crippen LogP contribution in [0.3, 0.4) is 0 Å². The van der Waals surface area contributed by atoms with E-state index >= 15 is 0 Å². The third kappa shape index (κ3) is 3.50. The fraction of sp³-hybridized carbons (Fsp3) is 0.333. The van der Waals surface area contributed by atoms with E-state index in [-0.39, 0.29) is 18.2 Å². The Kier molecular flexibility index (Phi) is 3.84. The lowest BCUT2D eigenvalue weighted by molar-refractivity contribution is -0.137. The Morgan fingerprint density at radius 3 is 2.79 bits per heavy atom. The van der Waals surface area contributed by atoms with Crippen LogP contribution in [0, 0.1) is 0 Å². The summed E-state index contributed by atoms with van der Waals surface area (Å²) >= 11 is 1.30. The van der Waals surface area contributed by atoms with Crippen LogP contribution in [-0.4, -0.2) is 22.7 Å². The highest BCUT2D eigenvalue weighted by Gasteiger charge is 2.31. The van der Waals surface area contributed by atoms with Crippen molar-refractivity contribution in [2.45, 2.75) is 17.8 Å². The van der Waals surface area contributed by atoms with E-state index in [1.165, 1.54) is 17.8 Å². The Hall–Kier alpha value is -1.50. The maximum atomic E-state index is 12.6. The number of amides is 1. The van der Waals surface area contributed by atoms with Crippen molar-refractivity contribution >= 4 is 23.5 Å². The summed E-state index contributed by atoms with van der Waals surface area (Å²) in [6.45, 7) is 0. The summed E-state index contributed by atoms with van der Waals surface area (Å²) in [5.74, 6) is 0.302. The third-order valence-corrected chi connectivity index (χ3v) is 3.87. The molecule has 7 heteroatoms. The van der Waals surface area contributed by atoms with Crippen LogP contribution >= 0.6 is 11.8 Å². The molecule has 2 rings (SSSR count). The standard InChI is InChI=1S/C12H11F3N2OS/c13-12(14,15)8-3-1-2-7(4-8)5-9-11(18)17-10(16)6-19-9/h1-4,9H,5-6H2,(H2,16,17,18). The van der Waals surface area contributed by atoms with Crippen molar-refractivity contribution in [2.24, 2.45) is 10.7 Å². The number of carbonyl (C=O) groups is 1. The van der Waals surface area contributed by atoms with Crippen LogP contribution in [-0.2, 0) is 17.4 Å². The molecule has 102 valence electrons. The van der Waals surface area contributed by atoms with E-state index in [1.54, 1.807) is 6.07 Å². The van der Waals surface area contributed by atoms with Crippen molar-refractivity contribution in [3.63, 3.8) is 0 Å². The van der Waals surface area contributed by atoms with Gasteiger partial charge in [0.25, 0.3) is 5.91 Å². The number of carbonyl (C=O) groups excluding carboxylic acids is 1. The van der Waals surface area contributed by atoms with Crippen molar-refractivity contribution in [1.82, 2.24) is 0 Å². The summed E-state index contributed by atoms with van der Waals surface area (Å²) in [7, 11) is 0. The Bertz CT molecular complexity index is 528. The molecule has 3 nitrogen and oxygen atoms in total. The molecular formula is C12H11F3N2OS. The van der Waals surface area contributed by atoms with Crippen LogP contribution in [0.2, 0.25) is 0 Å². The minimum Gasteiger partial charge on any atom is -0.386 e. The minimum absolute atomic E-state index is 0.226. The molecule has 1 aliphatic rings. The normalized spacial score (nSPS) is 20.3. The number of hydrogen-bond donors (Lipinski definition) is 1. The molecule has 1 aromatic carbocycles. The van der Waals surface area contributed by atoms with Crippen LogP contribution in [0.1, 0.15) is 11.1 Å². The Morgan fingerprint density at radius 2 is 2.16 bits per heavy atom. The second kappa shape index (κ2) is 5.24. The Morgan fingerprint density at radius 1 is 1.42 bits per heavy atom. The van der Waals surface area contributed by atoms with Gasteiger partial charge in [0.15, 0.2) is 0 Å². The summed E-state index contributed by atoms with van der Waals surface area (Å²) in [4.78, 5) is 15.2. The highest BCUT2D eigenvalue weighted by Crippen LogP contribution is 2.30. The van der Waals surface area contributed by atoms with Gasteiger partial charge in [-0.25, -0.2) is 0 Å². The predicted molar refractivity (Wildman–Crippen MR) is 68.0 cm³/mol. The largest absolute Gasteiger partial charge is 0.416 e. The SMILES string of the molecule is NC1=NC(=O)C(Cc2cccc(C(F)(F)F)c2)SC1. The number of rotatable bonds is 2. The number of nitrogens with zero attached hydrogens (tertiary/aromatic N) is 1. The van der Waals surface area contributed by atoms with Gasteiger partial charge < -0.3 is 5.73 Å². The fourth-order valence-corrected chi connectivity index (χ4v) is 2.68. The second-order valence-electron chi connectivity index (χ2n) is 4.14. The van der Waals surface area contributed by atoms with Crippen LogP contribution in [0.4, 0.5) is 13.2 Å². The monoisotopic (exact) mass is 288 g/mol. The molecule has 0 fully saturated rings. The Balaban J connectivity index is 2.14. The lowest BCUT2D eigenvalue weighted by atomic mass is 10.1. The van der Waals surface area contributed by atoms with Crippen molar-refractivity contribution in [3.8, 4) is 0 Å². The smallest absolute Gasteiger partial charge is 0.386 e. The van der Waals surface area contributed by atoms with E-state index in [4.69, 9.17) is 5.73 Å². The summed E-state index contributed by atoms with van der Waals surface area (Å²) in [6, 6.07) is 4.99. The van der Waals surface area contributed by atoms with Crippen LogP contribution in [0.5, 0.6) is 0 Å². The van der Waals surface area contributed by atoms with E-state index in [1.807, 2.05) is 0 Å². The summed E-state index contributed by atoms with van der Waals surface area (Å²) in [6.07, 6.45) is -4.15. The van der Waals surface area contributed by atoms with E-state index in [0.717, 1.165) is 12.1 Å². The maximum absolute atomic E-state index is 12.6. The lowest BCUT2D eigenvalue weighted by Gasteiger charge is -2.18. The average Bonchev–Trinajstić information content (AvgIpc) is 2.32. The third-order valence-electron chi connectivity index (χ3n) is 2.64. The summed E-state index contributed by atoms with van der Waals surface area (Å²) in [5, 5.41) is -0.462. The number of halogens is 3. The number of alkyl halides is 3. The van der Waals surface area contributed by atoms with Gasteiger partial charge in [0.1, 0.15) is 5.84 Å². The van der Waals surface area contributed by atoms with Gasteiger partial charge in [-0.3, -0.25) is 4.79 Å². The van der Waals surface area contributed by atoms with Gasteiger partial charge in [0, 0.05) is 0 Å². The first kappa shape index (κ1) is 13.9.